The molecule has 0 amide bonds. The lowest BCUT2D eigenvalue weighted by molar-refractivity contribution is 0.608. The number of aromatic nitrogens is 7. The molecule has 4 aromatic rings. The normalized spacial score (nSPS) is 19.7. The van der Waals surface area contributed by atoms with E-state index in [9.17, 15) is 4.79 Å². The Hall–Kier alpha value is -3.55. The predicted octanol–water partition coefficient (Wildman–Crippen LogP) is 4.11. The van der Waals surface area contributed by atoms with E-state index < -0.39 is 0 Å². The summed E-state index contributed by atoms with van der Waals surface area (Å²) in [7, 11) is 0. The van der Waals surface area contributed by atoms with Crippen LogP contribution in [0.5, 0.6) is 0 Å². The van der Waals surface area contributed by atoms with Crippen LogP contribution in [0, 0.1) is 11.8 Å². The molecule has 2 unspecified atom stereocenters. The lowest BCUT2D eigenvalue weighted by atomic mass is 9.96. The van der Waals surface area contributed by atoms with E-state index in [0.717, 1.165) is 47.2 Å². The first-order valence-corrected chi connectivity index (χ1v) is 11.7. The maximum absolute atomic E-state index is 13.5. The van der Waals surface area contributed by atoms with Gasteiger partial charge in [-0.25, -0.2) is 4.79 Å². The van der Waals surface area contributed by atoms with E-state index in [1.165, 1.54) is 0 Å². The summed E-state index contributed by atoms with van der Waals surface area (Å²) in [5, 5.41) is 14.6. The van der Waals surface area contributed by atoms with Crippen LogP contribution in [0.1, 0.15) is 50.9 Å². The van der Waals surface area contributed by atoms with E-state index in [1.54, 1.807) is 6.20 Å². The highest BCUT2D eigenvalue weighted by Gasteiger charge is 2.45. The molecule has 5 rings (SSSR count). The molecule has 0 bridgehead atoms. The summed E-state index contributed by atoms with van der Waals surface area (Å²) in [6.45, 7) is 7.10. The number of aromatic amines is 1. The minimum atomic E-state index is 0.0727. The van der Waals surface area contributed by atoms with Crippen LogP contribution in [-0.2, 0) is 13.0 Å². The summed E-state index contributed by atoms with van der Waals surface area (Å²) >= 11 is 0. The number of H-pyrrole nitrogens is 1. The van der Waals surface area contributed by atoms with Crippen molar-refractivity contribution >= 4 is 0 Å². The van der Waals surface area contributed by atoms with Crippen LogP contribution in [0.4, 0.5) is 0 Å². The van der Waals surface area contributed by atoms with E-state index in [-0.39, 0.29) is 5.69 Å². The van der Waals surface area contributed by atoms with Gasteiger partial charge in [-0.05, 0) is 52.6 Å². The first kappa shape index (κ1) is 21.3. The predicted molar refractivity (Wildman–Crippen MR) is 127 cm³/mol. The summed E-state index contributed by atoms with van der Waals surface area (Å²) in [5.74, 6) is 1.61. The Bertz CT molecular complexity index is 1300. The number of hydrogen-bond donors (Lipinski definition) is 1. The molecule has 0 radical (unpaired) electrons. The van der Waals surface area contributed by atoms with Crippen LogP contribution < -0.4 is 5.69 Å². The van der Waals surface area contributed by atoms with Gasteiger partial charge < -0.3 is 0 Å². The van der Waals surface area contributed by atoms with Crippen molar-refractivity contribution in [2.24, 2.45) is 11.8 Å². The fraction of sp³-hybridized carbons (Fsp3) is 0.400. The number of tetrazole rings is 1. The van der Waals surface area contributed by atoms with Crippen molar-refractivity contribution < 1.29 is 0 Å². The van der Waals surface area contributed by atoms with E-state index in [0.29, 0.717) is 30.2 Å². The first-order chi connectivity index (χ1) is 16.1. The number of rotatable bonds is 8. The maximum Gasteiger partial charge on any atom is 0.328 e. The molecule has 0 saturated heterocycles. The minimum Gasteiger partial charge on any atom is -0.295 e. The lowest BCUT2D eigenvalue weighted by Gasteiger charge is -2.13. The van der Waals surface area contributed by atoms with Gasteiger partial charge in [0.05, 0.1) is 6.54 Å². The van der Waals surface area contributed by atoms with Gasteiger partial charge in [-0.1, -0.05) is 51.5 Å². The fourth-order valence-electron chi connectivity index (χ4n) is 4.81. The third-order valence-electron chi connectivity index (χ3n) is 7.00. The highest BCUT2D eigenvalue weighted by Crippen LogP contribution is 2.49. The number of nitrogens with zero attached hydrogens (tertiary/aromatic N) is 6. The summed E-state index contributed by atoms with van der Waals surface area (Å²) in [5.41, 5.74) is 5.04. The first-order valence-electron chi connectivity index (χ1n) is 11.7. The fourth-order valence-corrected chi connectivity index (χ4v) is 4.81. The highest BCUT2D eigenvalue weighted by molar-refractivity contribution is 5.81. The maximum atomic E-state index is 13.5. The van der Waals surface area contributed by atoms with Crippen molar-refractivity contribution in [1.29, 1.82) is 0 Å². The molecule has 1 aromatic carbocycles. The third-order valence-corrected chi connectivity index (χ3v) is 7.00. The summed E-state index contributed by atoms with van der Waals surface area (Å²) in [6, 6.07) is 10.3. The quantitative estimate of drug-likeness (QED) is 0.442. The van der Waals surface area contributed by atoms with Crippen molar-refractivity contribution in [3.63, 3.8) is 0 Å². The largest absolute Gasteiger partial charge is 0.328 e. The van der Waals surface area contributed by atoms with Crippen LogP contribution >= 0.6 is 0 Å². The minimum absolute atomic E-state index is 0.0727. The van der Waals surface area contributed by atoms with Crippen LogP contribution in [0.15, 0.2) is 53.7 Å². The van der Waals surface area contributed by atoms with Gasteiger partial charge in [0.2, 0.25) is 5.82 Å². The molecule has 1 saturated carbocycles. The second kappa shape index (κ2) is 8.77. The smallest absolute Gasteiger partial charge is 0.295 e. The van der Waals surface area contributed by atoms with Gasteiger partial charge in [0, 0.05) is 35.9 Å². The average Bonchev–Trinajstić information content (AvgIpc) is 3.21. The van der Waals surface area contributed by atoms with Gasteiger partial charge >= 0.3 is 5.69 Å². The molecular weight excluding hydrogens is 414 g/mol. The summed E-state index contributed by atoms with van der Waals surface area (Å²) < 4.78 is 3.90. The topological polar surface area (TPSA) is 94.3 Å². The number of aryl methyl sites for hydroxylation is 1. The standard InChI is InChI=1S/C25H29N7O/c1-4-5-8-19-15-32(23-16(2)17(23)3)25(33)31(19)14-18-13-26-12-11-20(18)21-9-6-7-10-22(21)24-27-29-30-28-24/h6-7,9-13,15-17,23H,4-5,8,14H2,1-3H3,(H,27,28,29,30). The Balaban J connectivity index is 1.57. The van der Waals surface area contributed by atoms with Crippen molar-refractivity contribution in [2.45, 2.75) is 52.6 Å². The second-order valence-electron chi connectivity index (χ2n) is 9.02. The Labute approximate surface area is 192 Å². The summed E-state index contributed by atoms with van der Waals surface area (Å²) in [6.07, 6.45) is 8.77. The highest BCUT2D eigenvalue weighted by atomic mass is 16.1. The van der Waals surface area contributed by atoms with Crippen LogP contribution in [-0.4, -0.2) is 34.7 Å². The Kier molecular flexibility index (Phi) is 5.66. The zero-order chi connectivity index (χ0) is 22.9. The summed E-state index contributed by atoms with van der Waals surface area (Å²) in [4.78, 5) is 17.9. The molecular formula is C25H29N7O. The molecule has 0 spiro atoms. The number of imidazole rings is 1. The van der Waals surface area contributed by atoms with E-state index in [2.05, 4.69) is 52.6 Å². The number of benzene rings is 1. The van der Waals surface area contributed by atoms with Gasteiger partial charge in [0.25, 0.3) is 0 Å². The number of hydrogen-bond acceptors (Lipinski definition) is 5. The molecule has 3 heterocycles. The van der Waals surface area contributed by atoms with Gasteiger partial charge in [0.1, 0.15) is 0 Å². The average molecular weight is 444 g/mol. The third kappa shape index (κ3) is 3.90. The van der Waals surface area contributed by atoms with Crippen LogP contribution in [0.2, 0.25) is 0 Å². The Morgan fingerprint density at radius 2 is 1.85 bits per heavy atom. The molecule has 2 atom stereocenters. The van der Waals surface area contributed by atoms with Crippen molar-refractivity contribution in [3.05, 3.63) is 70.7 Å². The zero-order valence-corrected chi connectivity index (χ0v) is 19.3. The molecule has 3 aromatic heterocycles. The number of nitrogens with one attached hydrogen (secondary N) is 1. The molecule has 1 aliphatic carbocycles. The molecule has 0 aliphatic heterocycles. The SMILES string of the molecule is CCCCc1cn(C2C(C)C2C)c(=O)n1Cc1cnccc1-c1ccccc1-c1nn[nH]n1. The van der Waals surface area contributed by atoms with Gasteiger partial charge in [0.15, 0.2) is 0 Å². The van der Waals surface area contributed by atoms with E-state index >= 15 is 0 Å². The van der Waals surface area contributed by atoms with Crippen molar-refractivity contribution in [1.82, 2.24) is 34.7 Å². The molecule has 33 heavy (non-hydrogen) atoms. The lowest BCUT2D eigenvalue weighted by Crippen LogP contribution is -2.26. The van der Waals surface area contributed by atoms with Crippen molar-refractivity contribution in [2.75, 3.05) is 0 Å². The molecule has 1 fully saturated rings. The zero-order valence-electron chi connectivity index (χ0n) is 19.3. The molecule has 170 valence electrons. The second-order valence-corrected chi connectivity index (χ2v) is 9.02. The molecule has 8 nitrogen and oxygen atoms in total. The Morgan fingerprint density at radius 1 is 1.06 bits per heavy atom. The van der Waals surface area contributed by atoms with Gasteiger partial charge in [-0.2, -0.15) is 5.21 Å². The molecule has 1 aliphatic rings. The van der Waals surface area contributed by atoms with Crippen LogP contribution in [0.25, 0.3) is 22.5 Å². The number of pyridine rings is 1. The van der Waals surface area contributed by atoms with Crippen molar-refractivity contribution in [3.8, 4) is 22.5 Å². The number of unbranched alkanes of at least 4 members (excludes halogenated alkanes) is 1. The Morgan fingerprint density at radius 3 is 2.55 bits per heavy atom. The molecule has 1 N–H and O–H groups in total. The van der Waals surface area contributed by atoms with Gasteiger partial charge in [-0.3, -0.25) is 14.1 Å². The monoisotopic (exact) mass is 443 g/mol. The van der Waals surface area contributed by atoms with E-state index in [4.69, 9.17) is 0 Å². The molecule has 8 heteroatoms. The van der Waals surface area contributed by atoms with Gasteiger partial charge in [-0.15, -0.1) is 10.2 Å². The van der Waals surface area contributed by atoms with Crippen LogP contribution in [0.3, 0.4) is 0 Å². The van der Waals surface area contributed by atoms with E-state index in [1.807, 2.05) is 45.7 Å².